The molecule has 2 N–H and O–H groups in total. The van der Waals surface area contributed by atoms with Gasteiger partial charge in [0.25, 0.3) is 0 Å². The lowest BCUT2D eigenvalue weighted by molar-refractivity contribution is 0.231. The van der Waals surface area contributed by atoms with Crippen molar-refractivity contribution in [1.29, 1.82) is 0 Å². The van der Waals surface area contributed by atoms with Gasteiger partial charge in [-0.05, 0) is 42.3 Å². The zero-order chi connectivity index (χ0) is 14.7. The molecule has 0 fully saturated rings. The van der Waals surface area contributed by atoms with Crippen molar-refractivity contribution in [2.45, 2.75) is 25.3 Å². The van der Waals surface area contributed by atoms with Crippen molar-refractivity contribution in [3.05, 3.63) is 58.1 Å². The quantitative estimate of drug-likeness (QED) is 0.729. The van der Waals surface area contributed by atoms with E-state index in [1.54, 1.807) is 6.07 Å². The lowest BCUT2D eigenvalue weighted by Gasteiger charge is -2.41. The second kappa shape index (κ2) is 4.25. The minimum atomic E-state index is -0.0223. The van der Waals surface area contributed by atoms with E-state index in [1.807, 2.05) is 6.07 Å². The molecule has 2 aromatic carbocycles. The summed E-state index contributed by atoms with van der Waals surface area (Å²) in [5.41, 5.74) is 6.15. The predicted octanol–water partition coefficient (Wildman–Crippen LogP) is 3.14. The SMILES string of the molecule is CC1c2cccc3c2[C@@H](CN1C)c1ccc(O)c(O)c1C3. The summed E-state index contributed by atoms with van der Waals surface area (Å²) in [5, 5.41) is 20.0. The maximum atomic E-state index is 10.2. The highest BCUT2D eigenvalue weighted by atomic mass is 16.3. The second-order valence-corrected chi connectivity index (χ2v) is 6.27. The number of hydrogen-bond acceptors (Lipinski definition) is 3. The molecule has 0 radical (unpaired) electrons. The van der Waals surface area contributed by atoms with E-state index >= 15 is 0 Å². The minimum absolute atomic E-state index is 0.0223. The van der Waals surface area contributed by atoms with Crippen LogP contribution in [0.5, 0.6) is 11.5 Å². The largest absolute Gasteiger partial charge is 0.504 e. The molecule has 3 heteroatoms. The molecule has 2 atom stereocenters. The molecule has 1 heterocycles. The first kappa shape index (κ1) is 12.7. The Kier molecular flexibility index (Phi) is 2.57. The smallest absolute Gasteiger partial charge is 0.161 e. The highest BCUT2D eigenvalue weighted by Crippen LogP contribution is 2.48. The van der Waals surface area contributed by atoms with Gasteiger partial charge in [-0.1, -0.05) is 24.3 Å². The lowest BCUT2D eigenvalue weighted by atomic mass is 9.72. The number of nitrogens with zero attached hydrogens (tertiary/aromatic N) is 1. The van der Waals surface area contributed by atoms with Gasteiger partial charge in [0.2, 0.25) is 0 Å². The van der Waals surface area contributed by atoms with Gasteiger partial charge in [-0.3, -0.25) is 4.90 Å². The van der Waals surface area contributed by atoms with Crippen LogP contribution in [0.4, 0.5) is 0 Å². The molecule has 1 unspecified atom stereocenters. The van der Waals surface area contributed by atoms with E-state index in [0.29, 0.717) is 12.5 Å². The Hall–Kier alpha value is -2.00. The van der Waals surface area contributed by atoms with E-state index in [2.05, 4.69) is 37.1 Å². The number of phenolic OH excluding ortho intramolecular Hbond substituents is 2. The maximum absolute atomic E-state index is 10.2. The Bertz CT molecular complexity index is 738. The summed E-state index contributed by atoms with van der Waals surface area (Å²) in [6, 6.07) is 10.5. The number of likely N-dealkylation sites (N-methyl/N-ethyl adjacent to an activating group) is 1. The van der Waals surface area contributed by atoms with E-state index < -0.39 is 0 Å². The number of rotatable bonds is 0. The molecule has 0 spiro atoms. The number of benzene rings is 2. The number of fused-ring (bicyclic) bond motifs is 2. The molecule has 1 aliphatic heterocycles. The van der Waals surface area contributed by atoms with Gasteiger partial charge in [0.1, 0.15) is 0 Å². The number of aromatic hydroxyl groups is 2. The van der Waals surface area contributed by atoms with Crippen molar-refractivity contribution in [2.75, 3.05) is 13.6 Å². The van der Waals surface area contributed by atoms with E-state index in [9.17, 15) is 10.2 Å². The molecule has 2 aromatic rings. The summed E-state index contributed by atoms with van der Waals surface area (Å²) in [5.74, 6) is 0.309. The molecule has 4 rings (SSSR count). The topological polar surface area (TPSA) is 43.7 Å². The fourth-order valence-corrected chi connectivity index (χ4v) is 3.95. The summed E-state index contributed by atoms with van der Waals surface area (Å²) in [6.07, 6.45) is 0.700. The highest BCUT2D eigenvalue weighted by molar-refractivity contribution is 5.60. The molecule has 108 valence electrons. The molecule has 0 saturated carbocycles. The monoisotopic (exact) mass is 281 g/mol. The van der Waals surface area contributed by atoms with Crippen LogP contribution in [-0.4, -0.2) is 28.7 Å². The summed E-state index contributed by atoms with van der Waals surface area (Å²) in [4.78, 5) is 2.36. The van der Waals surface area contributed by atoms with Crippen molar-refractivity contribution in [3.63, 3.8) is 0 Å². The van der Waals surface area contributed by atoms with Crippen LogP contribution >= 0.6 is 0 Å². The first-order valence-electron chi connectivity index (χ1n) is 7.43. The Morgan fingerprint density at radius 1 is 1.10 bits per heavy atom. The number of hydrogen-bond donors (Lipinski definition) is 2. The molecular formula is C18H19NO2. The molecular weight excluding hydrogens is 262 g/mol. The van der Waals surface area contributed by atoms with E-state index in [0.717, 1.165) is 17.7 Å². The first-order chi connectivity index (χ1) is 10.1. The van der Waals surface area contributed by atoms with Gasteiger partial charge in [0, 0.05) is 30.5 Å². The molecule has 0 saturated heterocycles. The zero-order valence-electron chi connectivity index (χ0n) is 12.3. The van der Waals surface area contributed by atoms with Crippen LogP contribution in [0.25, 0.3) is 0 Å². The van der Waals surface area contributed by atoms with Crippen molar-refractivity contribution < 1.29 is 10.2 Å². The summed E-state index contributed by atoms with van der Waals surface area (Å²) in [7, 11) is 2.15. The van der Waals surface area contributed by atoms with Gasteiger partial charge < -0.3 is 10.2 Å². The standard InChI is InChI=1S/C18H19NO2/c1-10-12-5-3-4-11-8-14-13(6-7-16(20)18(14)21)15(17(11)12)9-19(10)2/h3-7,10,15,20-21H,8-9H2,1-2H3/t10?,15-/m0/s1. The Morgan fingerprint density at radius 3 is 2.71 bits per heavy atom. The normalized spacial score (nSPS) is 23.5. The van der Waals surface area contributed by atoms with Crippen LogP contribution in [0.1, 0.15) is 46.7 Å². The van der Waals surface area contributed by atoms with E-state index in [4.69, 9.17) is 0 Å². The van der Waals surface area contributed by atoms with Crippen LogP contribution < -0.4 is 0 Å². The van der Waals surface area contributed by atoms with Gasteiger partial charge >= 0.3 is 0 Å². The molecule has 3 nitrogen and oxygen atoms in total. The van der Waals surface area contributed by atoms with Crippen LogP contribution in [0.15, 0.2) is 30.3 Å². The van der Waals surface area contributed by atoms with Gasteiger partial charge in [0.05, 0.1) is 0 Å². The van der Waals surface area contributed by atoms with Crippen LogP contribution in [0.2, 0.25) is 0 Å². The molecule has 2 aliphatic rings. The average Bonchev–Trinajstić information content (AvgIpc) is 2.48. The predicted molar refractivity (Wildman–Crippen MR) is 81.9 cm³/mol. The van der Waals surface area contributed by atoms with Crippen molar-refractivity contribution in [1.82, 2.24) is 4.90 Å². The minimum Gasteiger partial charge on any atom is -0.504 e. The fourth-order valence-electron chi connectivity index (χ4n) is 3.95. The Labute approximate surface area is 124 Å². The maximum Gasteiger partial charge on any atom is 0.161 e. The van der Waals surface area contributed by atoms with E-state index in [1.165, 1.54) is 16.7 Å². The molecule has 0 amide bonds. The lowest BCUT2D eigenvalue weighted by Crippen LogP contribution is -2.36. The molecule has 0 bridgehead atoms. The summed E-state index contributed by atoms with van der Waals surface area (Å²) in [6.45, 7) is 3.19. The van der Waals surface area contributed by atoms with Gasteiger partial charge in [0.15, 0.2) is 11.5 Å². The third-order valence-corrected chi connectivity index (χ3v) is 5.20. The van der Waals surface area contributed by atoms with Gasteiger partial charge in [-0.15, -0.1) is 0 Å². The summed E-state index contributed by atoms with van der Waals surface area (Å²) < 4.78 is 0. The van der Waals surface area contributed by atoms with E-state index in [-0.39, 0.29) is 17.4 Å². The third kappa shape index (κ3) is 1.64. The van der Waals surface area contributed by atoms with Crippen LogP contribution in [0.3, 0.4) is 0 Å². The van der Waals surface area contributed by atoms with Crippen LogP contribution in [0, 0.1) is 0 Å². The zero-order valence-corrected chi connectivity index (χ0v) is 12.3. The van der Waals surface area contributed by atoms with Crippen molar-refractivity contribution in [2.24, 2.45) is 0 Å². The average molecular weight is 281 g/mol. The number of phenols is 2. The fraction of sp³-hybridized carbons (Fsp3) is 0.333. The Balaban J connectivity index is 1.99. The summed E-state index contributed by atoms with van der Waals surface area (Å²) >= 11 is 0. The van der Waals surface area contributed by atoms with Crippen molar-refractivity contribution >= 4 is 0 Å². The first-order valence-corrected chi connectivity index (χ1v) is 7.43. The highest BCUT2D eigenvalue weighted by Gasteiger charge is 2.36. The van der Waals surface area contributed by atoms with Gasteiger partial charge in [-0.25, -0.2) is 0 Å². The third-order valence-electron chi connectivity index (χ3n) is 5.20. The Morgan fingerprint density at radius 2 is 1.90 bits per heavy atom. The molecule has 1 aliphatic carbocycles. The van der Waals surface area contributed by atoms with Crippen molar-refractivity contribution in [3.8, 4) is 11.5 Å². The van der Waals surface area contributed by atoms with Crippen LogP contribution in [-0.2, 0) is 6.42 Å². The molecule has 0 aromatic heterocycles. The second-order valence-electron chi connectivity index (χ2n) is 6.27. The van der Waals surface area contributed by atoms with Gasteiger partial charge in [-0.2, -0.15) is 0 Å². The molecule has 21 heavy (non-hydrogen) atoms.